The Bertz CT molecular complexity index is 788. The number of likely N-dealkylation sites (N-methyl/N-ethyl adjacent to an activating group) is 1. The molecule has 0 aromatic heterocycles. The van der Waals surface area contributed by atoms with E-state index < -0.39 is 36.7 Å². The van der Waals surface area contributed by atoms with Crippen LogP contribution < -0.4 is 10.2 Å². The van der Waals surface area contributed by atoms with Crippen molar-refractivity contribution in [2.75, 3.05) is 31.6 Å². The van der Waals surface area contributed by atoms with E-state index in [0.29, 0.717) is 11.6 Å². The van der Waals surface area contributed by atoms with Gasteiger partial charge in [-0.15, -0.1) is 0 Å². The van der Waals surface area contributed by atoms with Gasteiger partial charge in [0.2, 0.25) is 0 Å². The van der Waals surface area contributed by atoms with Crippen LogP contribution in [0.3, 0.4) is 0 Å². The molecule has 9 nitrogen and oxygen atoms in total. The van der Waals surface area contributed by atoms with Crippen molar-refractivity contribution in [3.63, 3.8) is 0 Å². The number of hydrogen-bond donors (Lipinski definition) is 2. The van der Waals surface area contributed by atoms with Crippen LogP contribution in [-0.2, 0) is 9.59 Å². The second-order valence-electron chi connectivity index (χ2n) is 6.90. The fourth-order valence-electron chi connectivity index (χ4n) is 4.10. The number of benzene rings is 1. The fraction of sp³-hybridized carbons (Fsp3) is 0.471. The molecule has 27 heavy (non-hydrogen) atoms. The number of nitrogens with one attached hydrogen (secondary N) is 1. The summed E-state index contributed by atoms with van der Waals surface area (Å²) in [6.07, 6.45) is 0.0697. The monoisotopic (exact) mass is 393 g/mol. The molecule has 4 rings (SSSR count). The van der Waals surface area contributed by atoms with Crippen LogP contribution in [0.1, 0.15) is 6.42 Å². The highest BCUT2D eigenvalue weighted by molar-refractivity contribution is 6.30. The molecule has 0 radical (unpaired) electrons. The number of anilines is 1. The van der Waals surface area contributed by atoms with Crippen molar-refractivity contribution in [3.05, 3.63) is 29.3 Å². The van der Waals surface area contributed by atoms with Crippen LogP contribution in [0.25, 0.3) is 0 Å². The molecule has 3 saturated heterocycles. The number of carboxylic acid groups (broad SMARTS) is 1. The number of urea groups is 1. The minimum absolute atomic E-state index is 0.265. The number of nitrogens with zero attached hydrogens (tertiary/aromatic N) is 4. The minimum Gasteiger partial charge on any atom is -0.480 e. The topological polar surface area (TPSA) is 96.4 Å². The molecule has 0 aliphatic carbocycles. The molecule has 1 aromatic carbocycles. The van der Waals surface area contributed by atoms with Crippen LogP contribution in [0.2, 0.25) is 5.02 Å². The molecule has 3 unspecified atom stereocenters. The Hall–Kier alpha value is -2.36. The highest BCUT2D eigenvalue weighted by Crippen LogP contribution is 2.33. The van der Waals surface area contributed by atoms with E-state index in [4.69, 9.17) is 16.7 Å². The van der Waals surface area contributed by atoms with Crippen molar-refractivity contribution >= 4 is 35.2 Å². The van der Waals surface area contributed by atoms with Crippen LogP contribution >= 0.6 is 11.6 Å². The molecular formula is C17H20ClN5O4. The second-order valence-corrected chi connectivity index (χ2v) is 7.34. The summed E-state index contributed by atoms with van der Waals surface area (Å²) in [6.45, 7) is 0.835. The molecular weight excluding hydrogens is 374 g/mol. The summed E-state index contributed by atoms with van der Waals surface area (Å²) in [6, 6.07) is 6.24. The number of fused-ring (bicyclic) bond motifs is 3. The highest BCUT2D eigenvalue weighted by Gasteiger charge is 2.56. The van der Waals surface area contributed by atoms with E-state index in [1.807, 2.05) is 29.2 Å². The Morgan fingerprint density at radius 1 is 1.26 bits per heavy atom. The van der Waals surface area contributed by atoms with Gasteiger partial charge >= 0.3 is 12.0 Å². The first-order valence-corrected chi connectivity index (χ1v) is 9.10. The first kappa shape index (κ1) is 18.0. The second kappa shape index (κ2) is 6.66. The largest absolute Gasteiger partial charge is 0.480 e. The van der Waals surface area contributed by atoms with Gasteiger partial charge in [0.05, 0.1) is 0 Å². The lowest BCUT2D eigenvalue weighted by molar-refractivity contribution is -0.147. The summed E-state index contributed by atoms with van der Waals surface area (Å²) in [7, 11) is 1.58. The van der Waals surface area contributed by atoms with Crippen molar-refractivity contribution in [3.8, 4) is 0 Å². The molecule has 10 heteroatoms. The van der Waals surface area contributed by atoms with E-state index >= 15 is 0 Å². The number of amides is 3. The van der Waals surface area contributed by atoms with Crippen molar-refractivity contribution in [2.24, 2.45) is 0 Å². The third-order valence-electron chi connectivity index (χ3n) is 5.32. The minimum atomic E-state index is -1.22. The quantitative estimate of drug-likeness (QED) is 0.767. The number of hydrogen-bond acceptors (Lipinski definition) is 6. The highest BCUT2D eigenvalue weighted by atomic mass is 35.5. The summed E-state index contributed by atoms with van der Waals surface area (Å²) in [5.41, 5.74) is 0.962. The van der Waals surface area contributed by atoms with E-state index in [-0.39, 0.29) is 6.29 Å². The van der Waals surface area contributed by atoms with Gasteiger partial charge in [0.25, 0.3) is 5.91 Å². The van der Waals surface area contributed by atoms with E-state index in [1.165, 1.54) is 4.90 Å². The first-order chi connectivity index (χ1) is 12.9. The van der Waals surface area contributed by atoms with Crippen molar-refractivity contribution in [1.29, 1.82) is 0 Å². The molecule has 2 N–H and O–H groups in total. The Morgan fingerprint density at radius 2 is 1.96 bits per heavy atom. The number of aliphatic carboxylic acids is 1. The van der Waals surface area contributed by atoms with Crippen molar-refractivity contribution < 1.29 is 19.5 Å². The van der Waals surface area contributed by atoms with Gasteiger partial charge < -0.3 is 14.9 Å². The molecule has 3 heterocycles. The summed E-state index contributed by atoms with van der Waals surface area (Å²) in [5.74, 6) is -1.69. The number of halogens is 1. The molecule has 3 fully saturated rings. The number of carbonyl (C=O) groups is 3. The molecule has 144 valence electrons. The van der Waals surface area contributed by atoms with Gasteiger partial charge in [-0.2, -0.15) is 0 Å². The van der Waals surface area contributed by atoms with Gasteiger partial charge in [0.1, 0.15) is 25.0 Å². The maximum absolute atomic E-state index is 12.9. The van der Waals surface area contributed by atoms with Crippen molar-refractivity contribution in [1.82, 2.24) is 20.0 Å². The Kier molecular flexibility index (Phi) is 4.45. The number of imide groups is 1. The standard InChI is InChI=1S/C17H20ClN5O4/c1-20-14-13(15(26)23(17(20)27)9-12(24)25)22-8-2-7-21(16(22)19-14)11-5-3-10(18)4-6-11/h3-6,13-14,16,19H,2,7-9H2,1H3,(H,24,25). The van der Waals surface area contributed by atoms with Crippen LogP contribution in [0.4, 0.5) is 10.5 Å². The van der Waals surface area contributed by atoms with E-state index in [1.54, 1.807) is 7.05 Å². The molecule has 3 aliphatic rings. The smallest absolute Gasteiger partial charge is 0.328 e. The maximum atomic E-state index is 12.9. The fourth-order valence-corrected chi connectivity index (χ4v) is 4.22. The number of carboxylic acids is 1. The number of carbonyl (C=O) groups excluding carboxylic acids is 2. The van der Waals surface area contributed by atoms with Gasteiger partial charge in [-0.3, -0.25) is 24.7 Å². The molecule has 0 saturated carbocycles. The van der Waals surface area contributed by atoms with Crippen LogP contribution in [-0.4, -0.2) is 82.9 Å². The summed E-state index contributed by atoms with van der Waals surface area (Å²) in [5, 5.41) is 13.1. The Labute approximate surface area is 161 Å². The molecule has 1 aromatic rings. The normalized spacial score (nSPS) is 28.4. The summed E-state index contributed by atoms with van der Waals surface area (Å²) >= 11 is 5.99. The third kappa shape index (κ3) is 2.91. The van der Waals surface area contributed by atoms with Gasteiger partial charge in [-0.05, 0) is 30.7 Å². The third-order valence-corrected chi connectivity index (χ3v) is 5.57. The van der Waals surface area contributed by atoms with Gasteiger partial charge in [-0.25, -0.2) is 4.79 Å². The predicted octanol–water partition coefficient (Wildman–Crippen LogP) is 0.412. The van der Waals surface area contributed by atoms with E-state index in [2.05, 4.69) is 10.2 Å². The summed E-state index contributed by atoms with van der Waals surface area (Å²) in [4.78, 5) is 42.9. The Morgan fingerprint density at radius 3 is 2.63 bits per heavy atom. The first-order valence-electron chi connectivity index (χ1n) is 8.72. The number of rotatable bonds is 3. The summed E-state index contributed by atoms with van der Waals surface area (Å²) < 4.78 is 0. The maximum Gasteiger partial charge on any atom is 0.328 e. The van der Waals surface area contributed by atoms with E-state index in [9.17, 15) is 14.4 Å². The predicted molar refractivity (Wildman–Crippen MR) is 97.1 cm³/mol. The van der Waals surface area contributed by atoms with Gasteiger partial charge in [-0.1, -0.05) is 11.6 Å². The van der Waals surface area contributed by atoms with Crippen LogP contribution in [0.5, 0.6) is 0 Å². The lowest BCUT2D eigenvalue weighted by atomic mass is 10.1. The molecule has 0 bridgehead atoms. The average Bonchev–Trinajstić information content (AvgIpc) is 3.04. The SMILES string of the molecule is CN1C(=O)N(CC(=O)O)C(=O)C2C1NC1N(c3ccc(Cl)cc3)CCCN21. The Balaban J connectivity index is 1.65. The lowest BCUT2D eigenvalue weighted by Crippen LogP contribution is -2.66. The van der Waals surface area contributed by atoms with E-state index in [0.717, 1.165) is 23.6 Å². The van der Waals surface area contributed by atoms with Crippen LogP contribution in [0, 0.1) is 0 Å². The lowest BCUT2D eigenvalue weighted by Gasteiger charge is -2.43. The molecule has 3 amide bonds. The average molecular weight is 394 g/mol. The molecule has 3 aliphatic heterocycles. The molecule has 0 spiro atoms. The zero-order valence-electron chi connectivity index (χ0n) is 14.7. The van der Waals surface area contributed by atoms with Gasteiger partial charge in [0.15, 0.2) is 0 Å². The van der Waals surface area contributed by atoms with Crippen LogP contribution in [0.15, 0.2) is 24.3 Å². The zero-order chi connectivity index (χ0) is 19.3. The van der Waals surface area contributed by atoms with Crippen molar-refractivity contribution in [2.45, 2.75) is 24.9 Å². The molecule has 3 atom stereocenters. The zero-order valence-corrected chi connectivity index (χ0v) is 15.5. The van der Waals surface area contributed by atoms with Gasteiger partial charge in [0, 0.05) is 30.8 Å².